The first kappa shape index (κ1) is 10.2. The maximum atomic E-state index is 4.09. The van der Waals surface area contributed by atoms with Crippen molar-refractivity contribution in [2.45, 2.75) is 0 Å². The van der Waals surface area contributed by atoms with E-state index in [9.17, 15) is 0 Å². The highest BCUT2D eigenvalue weighted by Gasteiger charge is 1.84. The molecule has 0 bridgehead atoms. The molecule has 4 heteroatoms. The molecule has 2 aromatic rings. The van der Waals surface area contributed by atoms with Crippen LogP contribution in [0.15, 0.2) is 59.1 Å². The molecule has 2 heterocycles. The molecule has 78 valence electrons. The summed E-state index contributed by atoms with van der Waals surface area (Å²) in [6.45, 7) is 0. The molecule has 4 nitrogen and oxygen atoms in total. The second kappa shape index (κ2) is 5.50. The summed E-state index contributed by atoms with van der Waals surface area (Å²) in [4.78, 5) is 8.05. The van der Waals surface area contributed by atoms with E-state index in [1.807, 2.05) is 30.3 Å². The summed E-state index contributed by atoms with van der Waals surface area (Å²) >= 11 is 0. The lowest BCUT2D eigenvalue weighted by Crippen LogP contribution is -1.84. The summed E-state index contributed by atoms with van der Waals surface area (Å²) in [5.41, 5.74) is 1.70. The van der Waals surface area contributed by atoms with Crippen molar-refractivity contribution < 1.29 is 0 Å². The average Bonchev–Trinajstić information content (AvgIpc) is 2.37. The first-order chi connectivity index (χ1) is 7.95. The van der Waals surface area contributed by atoms with E-state index in [1.165, 1.54) is 0 Å². The van der Waals surface area contributed by atoms with Crippen molar-refractivity contribution in [3.63, 3.8) is 0 Å². The van der Waals surface area contributed by atoms with Crippen LogP contribution < -0.4 is 0 Å². The minimum Gasteiger partial charge on any atom is -0.264 e. The van der Waals surface area contributed by atoms with Crippen LogP contribution in [0.25, 0.3) is 0 Å². The van der Waals surface area contributed by atoms with E-state index in [4.69, 9.17) is 0 Å². The van der Waals surface area contributed by atoms with Gasteiger partial charge in [0.15, 0.2) is 0 Å². The van der Waals surface area contributed by atoms with Crippen molar-refractivity contribution in [1.82, 2.24) is 9.97 Å². The Morgan fingerprint density at radius 2 is 1.88 bits per heavy atom. The molecule has 2 aromatic heterocycles. The summed E-state index contributed by atoms with van der Waals surface area (Å²) in [6.07, 6.45) is 8.40. The first-order valence-electron chi connectivity index (χ1n) is 4.82. The Labute approximate surface area is 93.4 Å². The van der Waals surface area contributed by atoms with Crippen LogP contribution in [0, 0.1) is 0 Å². The van der Waals surface area contributed by atoms with Crippen LogP contribution in [-0.2, 0) is 0 Å². The predicted molar refractivity (Wildman–Crippen MR) is 63.7 cm³/mol. The van der Waals surface area contributed by atoms with Crippen molar-refractivity contribution in [1.29, 1.82) is 0 Å². The van der Waals surface area contributed by atoms with Gasteiger partial charge in [0.2, 0.25) is 0 Å². The molecule has 0 aliphatic rings. The number of aromatic nitrogens is 2. The molecule has 2 rings (SSSR count). The van der Waals surface area contributed by atoms with E-state index in [1.54, 1.807) is 31.0 Å². The fourth-order valence-corrected chi connectivity index (χ4v) is 1.10. The molecule has 0 aliphatic heterocycles. The Bertz CT molecular complexity index is 429. The second-order valence-electron chi connectivity index (χ2n) is 3.03. The van der Waals surface area contributed by atoms with Gasteiger partial charge in [-0.05, 0) is 18.2 Å². The monoisotopic (exact) mass is 210 g/mol. The molecule has 0 spiro atoms. The minimum absolute atomic E-state index is 0.783. The quantitative estimate of drug-likeness (QED) is 0.574. The van der Waals surface area contributed by atoms with Crippen LogP contribution in [-0.4, -0.2) is 22.4 Å². The van der Waals surface area contributed by atoms with Gasteiger partial charge < -0.3 is 0 Å². The molecule has 0 radical (unpaired) electrons. The topological polar surface area (TPSA) is 50.5 Å². The van der Waals surface area contributed by atoms with Gasteiger partial charge in [-0.25, -0.2) is 0 Å². The number of hydrogen-bond acceptors (Lipinski definition) is 4. The molecule has 0 amide bonds. The van der Waals surface area contributed by atoms with Gasteiger partial charge in [-0.2, -0.15) is 10.2 Å². The molecule has 16 heavy (non-hydrogen) atoms. The smallest absolute Gasteiger partial charge is 0.0831 e. The highest BCUT2D eigenvalue weighted by Crippen LogP contribution is 1.92. The molecule has 0 atom stereocenters. The van der Waals surface area contributed by atoms with Crippen LogP contribution in [0.3, 0.4) is 0 Å². The van der Waals surface area contributed by atoms with Gasteiger partial charge in [0.25, 0.3) is 0 Å². The van der Waals surface area contributed by atoms with Gasteiger partial charge >= 0.3 is 0 Å². The van der Waals surface area contributed by atoms with Crippen molar-refractivity contribution in [2.24, 2.45) is 10.2 Å². The molecule has 0 saturated carbocycles. The summed E-state index contributed by atoms with van der Waals surface area (Å²) in [5.74, 6) is 0. The van der Waals surface area contributed by atoms with Gasteiger partial charge in [0, 0.05) is 24.2 Å². The number of nitrogens with zero attached hydrogens (tertiary/aromatic N) is 4. The average molecular weight is 210 g/mol. The van der Waals surface area contributed by atoms with Crippen LogP contribution >= 0.6 is 0 Å². The Balaban J connectivity index is 1.98. The highest BCUT2D eigenvalue weighted by molar-refractivity contribution is 5.81. The Kier molecular flexibility index (Phi) is 3.50. The van der Waals surface area contributed by atoms with Crippen LogP contribution in [0.4, 0.5) is 0 Å². The predicted octanol–water partition coefficient (Wildman–Crippen LogP) is 1.93. The maximum Gasteiger partial charge on any atom is 0.0831 e. The zero-order valence-electron chi connectivity index (χ0n) is 8.56. The molecule has 0 N–H and O–H groups in total. The second-order valence-corrected chi connectivity index (χ2v) is 3.03. The summed E-state index contributed by atoms with van der Waals surface area (Å²) < 4.78 is 0. The zero-order chi connectivity index (χ0) is 11.1. The SMILES string of the molecule is C(=N/N=C/c1cccnc1)/c1ccccn1. The third-order valence-corrected chi connectivity index (χ3v) is 1.84. The fraction of sp³-hybridized carbons (Fsp3) is 0. The Morgan fingerprint density at radius 1 is 0.938 bits per heavy atom. The number of pyridine rings is 2. The molecular formula is C12H10N4. The molecule has 0 fully saturated rings. The van der Waals surface area contributed by atoms with Crippen LogP contribution in [0.5, 0.6) is 0 Å². The summed E-state index contributed by atoms with van der Waals surface area (Å²) in [5, 5.41) is 7.79. The third-order valence-electron chi connectivity index (χ3n) is 1.84. The van der Waals surface area contributed by atoms with Gasteiger partial charge in [-0.3, -0.25) is 9.97 Å². The fourth-order valence-electron chi connectivity index (χ4n) is 1.10. The van der Waals surface area contributed by atoms with Crippen molar-refractivity contribution in [2.75, 3.05) is 0 Å². The molecule has 0 unspecified atom stereocenters. The highest BCUT2D eigenvalue weighted by atomic mass is 15.2. The van der Waals surface area contributed by atoms with Crippen molar-refractivity contribution in [3.05, 3.63) is 60.2 Å². The van der Waals surface area contributed by atoms with E-state index in [-0.39, 0.29) is 0 Å². The Hall–Kier alpha value is -2.36. The maximum absolute atomic E-state index is 4.09. The normalized spacial score (nSPS) is 11.2. The summed E-state index contributed by atoms with van der Waals surface area (Å²) in [7, 11) is 0. The molecular weight excluding hydrogens is 200 g/mol. The van der Waals surface area contributed by atoms with Gasteiger partial charge in [-0.1, -0.05) is 12.1 Å². The number of rotatable bonds is 3. The van der Waals surface area contributed by atoms with E-state index in [0.29, 0.717) is 0 Å². The van der Waals surface area contributed by atoms with E-state index >= 15 is 0 Å². The zero-order valence-corrected chi connectivity index (χ0v) is 8.56. The Morgan fingerprint density at radius 3 is 2.62 bits per heavy atom. The van der Waals surface area contributed by atoms with E-state index < -0.39 is 0 Å². The van der Waals surface area contributed by atoms with Gasteiger partial charge in [0.05, 0.1) is 18.1 Å². The van der Waals surface area contributed by atoms with Crippen LogP contribution in [0.2, 0.25) is 0 Å². The van der Waals surface area contributed by atoms with Gasteiger partial charge in [-0.15, -0.1) is 0 Å². The molecule has 0 saturated heterocycles. The van der Waals surface area contributed by atoms with Crippen molar-refractivity contribution >= 4 is 12.4 Å². The minimum atomic E-state index is 0.783. The molecule has 0 aliphatic carbocycles. The largest absolute Gasteiger partial charge is 0.264 e. The standard InChI is InChI=1S/C12H10N4/c1-2-7-14-12(5-1)10-16-15-9-11-4-3-6-13-8-11/h1-10H/b15-9+,16-10-. The lowest BCUT2D eigenvalue weighted by Gasteiger charge is -1.88. The van der Waals surface area contributed by atoms with Gasteiger partial charge in [0.1, 0.15) is 0 Å². The van der Waals surface area contributed by atoms with Crippen molar-refractivity contribution in [3.8, 4) is 0 Å². The van der Waals surface area contributed by atoms with E-state index in [2.05, 4.69) is 20.2 Å². The lowest BCUT2D eigenvalue weighted by molar-refractivity contribution is 1.23. The number of hydrogen-bond donors (Lipinski definition) is 0. The first-order valence-corrected chi connectivity index (χ1v) is 4.82. The summed E-state index contributed by atoms with van der Waals surface area (Å²) in [6, 6.07) is 9.38. The van der Waals surface area contributed by atoms with E-state index in [0.717, 1.165) is 11.3 Å². The molecule has 0 aromatic carbocycles. The third kappa shape index (κ3) is 3.09. The lowest BCUT2D eigenvalue weighted by atomic mass is 10.3. The van der Waals surface area contributed by atoms with Crippen LogP contribution in [0.1, 0.15) is 11.3 Å².